The summed E-state index contributed by atoms with van der Waals surface area (Å²) in [7, 11) is 0. The molecule has 0 aliphatic carbocycles. The lowest BCUT2D eigenvalue weighted by Gasteiger charge is -2.48. The van der Waals surface area contributed by atoms with E-state index < -0.39 is 46.9 Å². The van der Waals surface area contributed by atoms with E-state index >= 15 is 4.39 Å². The number of hydrogen-bond donors (Lipinski definition) is 1. The van der Waals surface area contributed by atoms with Crippen molar-refractivity contribution in [3.63, 3.8) is 0 Å². The number of benzene rings is 1. The van der Waals surface area contributed by atoms with Gasteiger partial charge in [-0.2, -0.15) is 0 Å². The van der Waals surface area contributed by atoms with Crippen LogP contribution in [0.2, 0.25) is 0 Å². The third kappa shape index (κ3) is 5.15. The van der Waals surface area contributed by atoms with Crippen LogP contribution in [0, 0.1) is 18.6 Å². The number of halogens is 2. The van der Waals surface area contributed by atoms with Crippen LogP contribution < -0.4 is 15.8 Å². The van der Waals surface area contributed by atoms with Crippen LogP contribution in [0.4, 0.5) is 25.0 Å². The number of carbonyl (C=O) groups excluding carboxylic acids is 2. The van der Waals surface area contributed by atoms with E-state index in [1.54, 1.807) is 44.0 Å². The van der Waals surface area contributed by atoms with E-state index in [0.29, 0.717) is 16.9 Å². The van der Waals surface area contributed by atoms with Gasteiger partial charge in [0.2, 0.25) is 5.91 Å². The zero-order valence-electron chi connectivity index (χ0n) is 26.8. The molecule has 0 saturated carbocycles. The molecule has 1 saturated heterocycles. The van der Waals surface area contributed by atoms with E-state index in [1.807, 2.05) is 27.7 Å². The third-order valence-corrected chi connectivity index (χ3v) is 8.34. The van der Waals surface area contributed by atoms with Crippen LogP contribution in [0.25, 0.3) is 28.0 Å². The molecule has 10 nitrogen and oxygen atoms in total. The number of nitrogens with zero attached hydrogens (tertiary/aromatic N) is 5. The molecule has 5 heterocycles. The molecule has 0 spiro atoms. The largest absolute Gasteiger partial charge is 0.444 e. The first-order valence-electron chi connectivity index (χ1n) is 15.2. The van der Waals surface area contributed by atoms with Crippen LogP contribution in [0.3, 0.4) is 0 Å². The van der Waals surface area contributed by atoms with Crippen molar-refractivity contribution in [3.05, 3.63) is 75.8 Å². The van der Waals surface area contributed by atoms with Crippen molar-refractivity contribution in [2.45, 2.75) is 72.1 Å². The normalized spacial score (nSPS) is 18.0. The second-order valence-corrected chi connectivity index (χ2v) is 13.2. The summed E-state index contributed by atoms with van der Waals surface area (Å²) in [6.07, 6.45) is 1.09. The summed E-state index contributed by atoms with van der Waals surface area (Å²) in [5.74, 6) is -2.06. The minimum Gasteiger partial charge on any atom is -0.444 e. The average molecular weight is 631 g/mol. The molecule has 0 unspecified atom stereocenters. The predicted octanol–water partition coefficient (Wildman–Crippen LogP) is 5.92. The van der Waals surface area contributed by atoms with E-state index in [1.165, 1.54) is 33.7 Å². The fourth-order valence-electron chi connectivity index (χ4n) is 6.24. The Kier molecular flexibility index (Phi) is 7.57. The number of pyridine rings is 3. The Morgan fingerprint density at radius 2 is 1.78 bits per heavy atom. The van der Waals surface area contributed by atoms with E-state index in [9.17, 15) is 18.8 Å². The van der Waals surface area contributed by atoms with Gasteiger partial charge in [-0.25, -0.2) is 18.6 Å². The van der Waals surface area contributed by atoms with Gasteiger partial charge in [-0.3, -0.25) is 19.1 Å². The minimum absolute atomic E-state index is 0.0195. The molecular formula is C34H36F2N6O4. The lowest BCUT2D eigenvalue weighted by Crippen LogP contribution is -2.65. The van der Waals surface area contributed by atoms with Crippen molar-refractivity contribution < 1.29 is 23.1 Å². The summed E-state index contributed by atoms with van der Waals surface area (Å²) in [6.45, 7) is 12.9. The number of anilines is 2. The van der Waals surface area contributed by atoms with E-state index in [4.69, 9.17) is 4.74 Å². The average Bonchev–Trinajstić information content (AvgIpc) is 2.97. The number of aromatic nitrogens is 3. The highest BCUT2D eigenvalue weighted by Gasteiger charge is 2.45. The second kappa shape index (κ2) is 11.2. The summed E-state index contributed by atoms with van der Waals surface area (Å²) in [5, 5.41) is 3.02. The molecule has 0 bridgehead atoms. The summed E-state index contributed by atoms with van der Waals surface area (Å²) >= 11 is 0. The van der Waals surface area contributed by atoms with Crippen molar-refractivity contribution in [2.75, 3.05) is 23.3 Å². The first-order chi connectivity index (χ1) is 21.7. The number of rotatable bonds is 3. The van der Waals surface area contributed by atoms with Gasteiger partial charge in [0.1, 0.15) is 34.7 Å². The van der Waals surface area contributed by atoms with Crippen molar-refractivity contribution in [2.24, 2.45) is 0 Å². The third-order valence-electron chi connectivity index (χ3n) is 8.34. The van der Waals surface area contributed by atoms with Crippen LogP contribution >= 0.6 is 0 Å². The molecule has 4 aromatic rings. The lowest BCUT2D eigenvalue weighted by molar-refractivity contribution is -0.118. The lowest BCUT2D eigenvalue weighted by atomic mass is 9.99. The van der Waals surface area contributed by atoms with Crippen molar-refractivity contribution in [1.29, 1.82) is 0 Å². The van der Waals surface area contributed by atoms with Crippen LogP contribution in [0.5, 0.6) is 0 Å². The number of fused-ring (bicyclic) bond motifs is 5. The fraction of sp³-hybridized carbons (Fsp3) is 0.382. The molecule has 240 valence electrons. The van der Waals surface area contributed by atoms with E-state index in [-0.39, 0.29) is 52.7 Å². The van der Waals surface area contributed by atoms with Gasteiger partial charge < -0.3 is 19.9 Å². The number of aryl methyl sites for hydroxylation is 1. The highest BCUT2D eigenvalue weighted by Crippen LogP contribution is 2.41. The van der Waals surface area contributed by atoms with E-state index in [0.717, 1.165) is 0 Å². The monoisotopic (exact) mass is 630 g/mol. The highest BCUT2D eigenvalue weighted by molar-refractivity contribution is 6.10. The van der Waals surface area contributed by atoms with Gasteiger partial charge in [0.25, 0.3) is 5.56 Å². The van der Waals surface area contributed by atoms with E-state index in [2.05, 4.69) is 15.3 Å². The van der Waals surface area contributed by atoms with Crippen molar-refractivity contribution in [1.82, 2.24) is 19.4 Å². The number of amides is 2. The molecular weight excluding hydrogens is 594 g/mol. The molecule has 12 heteroatoms. The number of carbonyl (C=O) groups is 2. The fourth-order valence-corrected chi connectivity index (χ4v) is 6.24. The second-order valence-electron chi connectivity index (χ2n) is 13.2. The summed E-state index contributed by atoms with van der Waals surface area (Å²) in [5.41, 5.74) is 0.443. The first-order valence-corrected chi connectivity index (χ1v) is 15.2. The topological polar surface area (TPSA) is 110 Å². The molecule has 0 radical (unpaired) electrons. The maximum Gasteiger partial charge on any atom is 0.410 e. The van der Waals surface area contributed by atoms with Crippen LogP contribution in [0.1, 0.15) is 58.7 Å². The van der Waals surface area contributed by atoms with Gasteiger partial charge in [-0.05, 0) is 70.4 Å². The number of nitrogens with one attached hydrogen (secondary N) is 1. The molecule has 2 atom stereocenters. The van der Waals surface area contributed by atoms with Gasteiger partial charge in [-0.15, -0.1) is 0 Å². The Morgan fingerprint density at radius 1 is 1.07 bits per heavy atom. The molecule has 2 aliphatic heterocycles. The SMILES string of the molecule is Cc1ccnc(C(C)C)c1-n1c(=O)c2c(c3cc(F)c(-c4ccccc4F)nc31)N1C[C@@H](C)N(C(=O)OC(C)(C)C)C[C@@H]1C(=O)N2. The molecule has 2 amide bonds. The summed E-state index contributed by atoms with van der Waals surface area (Å²) in [6, 6.07) is 7.40. The highest BCUT2D eigenvalue weighted by atomic mass is 19.1. The predicted molar refractivity (Wildman–Crippen MR) is 171 cm³/mol. The Labute approximate surface area is 265 Å². The van der Waals surface area contributed by atoms with Crippen molar-refractivity contribution in [3.8, 4) is 16.9 Å². The molecule has 1 fully saturated rings. The number of piperazine rings is 1. The molecule has 1 aromatic carbocycles. The quantitative estimate of drug-likeness (QED) is 0.299. The van der Waals surface area contributed by atoms with Crippen molar-refractivity contribution >= 4 is 34.4 Å². The van der Waals surface area contributed by atoms with Gasteiger partial charge in [0.15, 0.2) is 5.65 Å². The molecule has 6 rings (SSSR count). The smallest absolute Gasteiger partial charge is 0.410 e. The summed E-state index contributed by atoms with van der Waals surface area (Å²) < 4.78 is 38.0. The van der Waals surface area contributed by atoms with Gasteiger partial charge in [0.05, 0.1) is 23.6 Å². The van der Waals surface area contributed by atoms with Gasteiger partial charge in [-0.1, -0.05) is 26.0 Å². The van der Waals surface area contributed by atoms with Gasteiger partial charge >= 0.3 is 6.09 Å². The molecule has 2 aliphatic rings. The maximum atomic E-state index is 16.1. The molecule has 46 heavy (non-hydrogen) atoms. The Morgan fingerprint density at radius 3 is 2.46 bits per heavy atom. The Hall–Kier alpha value is -4.87. The van der Waals surface area contributed by atoms with Crippen LogP contribution in [-0.4, -0.2) is 62.2 Å². The number of hydrogen-bond acceptors (Lipinski definition) is 7. The summed E-state index contributed by atoms with van der Waals surface area (Å²) in [4.78, 5) is 53.8. The Bertz CT molecular complexity index is 1970. The zero-order valence-corrected chi connectivity index (χ0v) is 26.8. The molecule has 3 aromatic heterocycles. The van der Waals surface area contributed by atoms with Gasteiger partial charge in [0, 0.05) is 29.7 Å². The standard InChI is InChI=1S/C34H36F2N6O4/c1-17(2)25-28(18(3)12-13-37-25)42-30-21(14-23(36)26(38-30)20-10-8-9-11-22(20)35)29-27(32(42)44)39-31(43)24-16-40(19(4)15-41(24)29)33(45)46-34(5,6)7/h8-14,17,19,24H,15-16H2,1-7H3,(H,39,43)/t19-,24-/m1/s1. The van der Waals surface area contributed by atoms with Crippen LogP contribution in [-0.2, 0) is 9.53 Å². The zero-order chi connectivity index (χ0) is 33.2. The first kappa shape index (κ1) is 31.1. The maximum absolute atomic E-state index is 16.1. The number of ether oxygens (including phenoxy) is 1. The minimum atomic E-state index is -0.893. The Balaban J connectivity index is 1.64. The van der Waals surface area contributed by atoms with Crippen LogP contribution in [0.15, 0.2) is 47.4 Å². The molecule has 1 N–H and O–H groups in total.